The third-order valence-electron chi connectivity index (χ3n) is 6.12. The van der Waals surface area contributed by atoms with Crippen LogP contribution in [0, 0.1) is 11.3 Å². The van der Waals surface area contributed by atoms with Gasteiger partial charge in [-0.1, -0.05) is 12.1 Å². The predicted molar refractivity (Wildman–Crippen MR) is 138 cm³/mol. The van der Waals surface area contributed by atoms with Crippen LogP contribution in [0.3, 0.4) is 0 Å². The number of carboxylic acids is 2. The van der Waals surface area contributed by atoms with Gasteiger partial charge in [0.1, 0.15) is 18.2 Å². The molecule has 1 unspecified atom stereocenters. The molecule has 3 rings (SSSR count). The molecule has 2 aromatic rings. The van der Waals surface area contributed by atoms with Crippen molar-refractivity contribution in [3.05, 3.63) is 59.9 Å². The molecule has 2 heterocycles. The second-order valence-electron chi connectivity index (χ2n) is 8.75. The first-order valence-corrected chi connectivity index (χ1v) is 11.9. The zero-order valence-electron chi connectivity index (χ0n) is 20.3. The third kappa shape index (κ3) is 8.34. The maximum Gasteiger partial charge on any atom is 0.328 e. The monoisotopic (exact) mass is 509 g/mol. The van der Waals surface area contributed by atoms with E-state index in [1.54, 1.807) is 24.5 Å². The van der Waals surface area contributed by atoms with Crippen LogP contribution in [0.25, 0.3) is 6.08 Å². The highest BCUT2D eigenvalue weighted by Crippen LogP contribution is 2.24. The van der Waals surface area contributed by atoms with Crippen LogP contribution >= 0.6 is 0 Å². The van der Waals surface area contributed by atoms with Crippen molar-refractivity contribution >= 4 is 35.4 Å². The summed E-state index contributed by atoms with van der Waals surface area (Å²) < 4.78 is 5.90. The predicted octanol–water partition coefficient (Wildman–Crippen LogP) is 2.11. The molecule has 1 aromatic carbocycles. The molecule has 0 saturated carbocycles. The number of nitrogens with zero attached hydrogens (tertiary/aromatic N) is 2. The molecule has 0 bridgehead atoms. The Labute approximate surface area is 214 Å². The number of rotatable bonds is 12. The van der Waals surface area contributed by atoms with Crippen molar-refractivity contribution < 1.29 is 29.3 Å². The van der Waals surface area contributed by atoms with E-state index >= 15 is 0 Å². The number of anilines is 1. The van der Waals surface area contributed by atoms with Crippen LogP contribution in [-0.2, 0) is 14.4 Å². The summed E-state index contributed by atoms with van der Waals surface area (Å²) in [7, 11) is 0. The van der Waals surface area contributed by atoms with E-state index in [2.05, 4.69) is 15.2 Å². The molecular weight excluding hydrogens is 478 g/mol. The lowest BCUT2D eigenvalue weighted by Gasteiger charge is -2.33. The quantitative estimate of drug-likeness (QED) is 0.163. The summed E-state index contributed by atoms with van der Waals surface area (Å²) in [5, 5.41) is 28.7. The molecule has 11 heteroatoms. The van der Waals surface area contributed by atoms with Crippen LogP contribution < -0.4 is 20.7 Å². The number of hydrogen-bond donors (Lipinski definition) is 5. The second kappa shape index (κ2) is 13.1. The summed E-state index contributed by atoms with van der Waals surface area (Å²) in [4.78, 5) is 41.4. The van der Waals surface area contributed by atoms with Gasteiger partial charge in [0, 0.05) is 60.7 Å². The van der Waals surface area contributed by atoms with Gasteiger partial charge in [-0.15, -0.1) is 0 Å². The van der Waals surface area contributed by atoms with Gasteiger partial charge in [-0.2, -0.15) is 0 Å². The van der Waals surface area contributed by atoms with E-state index in [0.29, 0.717) is 24.0 Å². The van der Waals surface area contributed by atoms with Crippen LogP contribution in [0.5, 0.6) is 5.75 Å². The van der Waals surface area contributed by atoms with Crippen LogP contribution in [-0.4, -0.2) is 64.6 Å². The van der Waals surface area contributed by atoms with Crippen LogP contribution in [0.1, 0.15) is 36.8 Å². The molecule has 1 saturated heterocycles. The highest BCUT2D eigenvalue weighted by Gasteiger charge is 2.27. The number of benzene rings is 1. The van der Waals surface area contributed by atoms with Gasteiger partial charge in [-0.05, 0) is 43.5 Å². The minimum Gasteiger partial charge on any atom is -0.491 e. The van der Waals surface area contributed by atoms with Crippen molar-refractivity contribution in [1.29, 1.82) is 5.41 Å². The largest absolute Gasteiger partial charge is 0.491 e. The molecule has 6 N–H and O–H groups in total. The summed E-state index contributed by atoms with van der Waals surface area (Å²) in [6.07, 6.45) is 7.08. The Kier molecular flexibility index (Phi) is 9.59. The van der Waals surface area contributed by atoms with Crippen LogP contribution in [0.15, 0.2) is 48.8 Å². The van der Waals surface area contributed by atoms with Gasteiger partial charge in [-0.25, -0.2) is 4.79 Å². The van der Waals surface area contributed by atoms with Crippen LogP contribution in [0.2, 0.25) is 0 Å². The Morgan fingerprint density at radius 1 is 1.19 bits per heavy atom. The van der Waals surface area contributed by atoms with Gasteiger partial charge < -0.3 is 30.9 Å². The molecule has 0 spiro atoms. The lowest BCUT2D eigenvalue weighted by Crippen LogP contribution is -2.46. The van der Waals surface area contributed by atoms with E-state index in [1.807, 2.05) is 12.1 Å². The van der Waals surface area contributed by atoms with Crippen molar-refractivity contribution in [1.82, 2.24) is 10.3 Å². The molecule has 37 heavy (non-hydrogen) atoms. The molecule has 0 radical (unpaired) electrons. The minimum atomic E-state index is -1.14. The number of pyridine rings is 1. The first kappa shape index (κ1) is 27.2. The van der Waals surface area contributed by atoms with Gasteiger partial charge in [0.2, 0.25) is 5.91 Å². The standard InChI is InChI=1S/C26H31N5O6/c27-25(28)19-2-1-17(3-5-23(32)33)22(15-19)37-16-20(4-6-24(34)35)30-26(36)18-9-13-31(14-10-18)21-7-11-29-12-8-21/h1-3,5,7-8,11-12,15,18,20H,4,6,9-10,13-14,16H2,(H3,27,28)(H,30,36)(H,32,33)(H,34,35)/b5-3+. The van der Waals surface area contributed by atoms with E-state index < -0.39 is 18.0 Å². The van der Waals surface area contributed by atoms with E-state index in [1.165, 1.54) is 12.1 Å². The van der Waals surface area contributed by atoms with Crippen molar-refractivity contribution in [3.63, 3.8) is 0 Å². The summed E-state index contributed by atoms with van der Waals surface area (Å²) >= 11 is 0. The van der Waals surface area contributed by atoms with E-state index in [-0.39, 0.29) is 42.9 Å². The summed E-state index contributed by atoms with van der Waals surface area (Å²) in [5.74, 6) is -2.41. The number of aliphatic carboxylic acids is 2. The van der Waals surface area contributed by atoms with Gasteiger partial charge in [0.25, 0.3) is 0 Å². The lowest BCUT2D eigenvalue weighted by atomic mass is 9.95. The number of carboxylic acid groups (broad SMARTS) is 2. The van der Waals surface area contributed by atoms with Crippen molar-refractivity contribution in [2.45, 2.75) is 31.7 Å². The second-order valence-corrected chi connectivity index (χ2v) is 8.75. The molecule has 1 aliphatic rings. The molecule has 1 fully saturated rings. The first-order valence-electron chi connectivity index (χ1n) is 11.9. The molecule has 1 aliphatic heterocycles. The minimum absolute atomic E-state index is 0.0375. The number of nitrogen functional groups attached to an aromatic ring is 1. The van der Waals surface area contributed by atoms with Gasteiger partial charge in [0.05, 0.1) is 6.04 Å². The first-order chi connectivity index (χ1) is 17.7. The molecule has 1 atom stereocenters. The number of ether oxygens (including phenoxy) is 1. The third-order valence-corrected chi connectivity index (χ3v) is 6.12. The summed E-state index contributed by atoms with van der Waals surface area (Å²) in [6, 6.07) is 7.93. The summed E-state index contributed by atoms with van der Waals surface area (Å²) in [6.45, 7) is 1.40. The van der Waals surface area contributed by atoms with Gasteiger partial charge >= 0.3 is 11.9 Å². The molecule has 1 aromatic heterocycles. The normalized spacial score (nSPS) is 14.8. The number of amidine groups is 1. The molecule has 0 aliphatic carbocycles. The Hall–Kier alpha value is -4.41. The van der Waals surface area contributed by atoms with Crippen LogP contribution in [0.4, 0.5) is 5.69 Å². The Balaban J connectivity index is 1.66. The summed E-state index contributed by atoms with van der Waals surface area (Å²) in [5.41, 5.74) is 7.46. The molecule has 1 amide bonds. The SMILES string of the molecule is N=C(N)c1ccc(/C=C/C(=O)O)c(OCC(CCC(=O)O)NC(=O)C2CCN(c3ccncc3)CC2)c1. The highest BCUT2D eigenvalue weighted by atomic mass is 16.5. The Morgan fingerprint density at radius 2 is 1.89 bits per heavy atom. The number of nitrogens with two attached hydrogens (primary N) is 1. The van der Waals surface area contributed by atoms with E-state index in [0.717, 1.165) is 24.9 Å². The fraction of sp³-hybridized carbons (Fsp3) is 0.346. The number of piperidine rings is 1. The Bertz CT molecular complexity index is 1150. The number of hydrogen-bond acceptors (Lipinski definition) is 7. The lowest BCUT2D eigenvalue weighted by molar-refractivity contribution is -0.137. The maximum absolute atomic E-state index is 13.0. The average molecular weight is 510 g/mol. The van der Waals surface area contributed by atoms with Gasteiger partial charge in [0.15, 0.2) is 0 Å². The Morgan fingerprint density at radius 3 is 2.51 bits per heavy atom. The topological polar surface area (TPSA) is 179 Å². The molecular formula is C26H31N5O6. The fourth-order valence-corrected chi connectivity index (χ4v) is 4.08. The molecule has 196 valence electrons. The average Bonchev–Trinajstić information content (AvgIpc) is 2.89. The fourth-order valence-electron chi connectivity index (χ4n) is 4.08. The van der Waals surface area contributed by atoms with Crippen molar-refractivity contribution in [2.24, 2.45) is 11.7 Å². The molecule has 11 nitrogen and oxygen atoms in total. The number of nitrogens with one attached hydrogen (secondary N) is 2. The zero-order valence-corrected chi connectivity index (χ0v) is 20.3. The number of carbonyl (C=O) groups is 3. The number of carbonyl (C=O) groups excluding carboxylic acids is 1. The van der Waals surface area contributed by atoms with Gasteiger partial charge in [-0.3, -0.25) is 20.0 Å². The highest BCUT2D eigenvalue weighted by molar-refractivity contribution is 5.96. The number of aromatic nitrogens is 1. The van der Waals surface area contributed by atoms with E-state index in [4.69, 9.17) is 26.1 Å². The smallest absolute Gasteiger partial charge is 0.328 e. The maximum atomic E-state index is 13.0. The van der Waals surface area contributed by atoms with E-state index in [9.17, 15) is 14.4 Å². The van der Waals surface area contributed by atoms with Crippen molar-refractivity contribution in [3.8, 4) is 5.75 Å². The number of amides is 1. The zero-order chi connectivity index (χ0) is 26.8. The van der Waals surface area contributed by atoms with Crippen molar-refractivity contribution in [2.75, 3.05) is 24.6 Å².